The van der Waals surface area contributed by atoms with E-state index in [4.69, 9.17) is 11.6 Å². The molecule has 18 heavy (non-hydrogen) atoms. The molecule has 0 radical (unpaired) electrons. The van der Waals surface area contributed by atoms with E-state index in [9.17, 15) is 4.39 Å². The zero-order chi connectivity index (χ0) is 12.5. The zero-order valence-corrected chi connectivity index (χ0v) is 11.1. The van der Waals surface area contributed by atoms with E-state index < -0.39 is 0 Å². The molecule has 4 heteroatoms. The number of piperazine rings is 1. The third-order valence-electron chi connectivity index (χ3n) is 3.93. The minimum absolute atomic E-state index is 0.227. The first-order valence-electron chi connectivity index (χ1n) is 6.63. The van der Waals surface area contributed by atoms with Crippen LogP contribution in [0.15, 0.2) is 18.2 Å². The second-order valence-corrected chi connectivity index (χ2v) is 5.74. The summed E-state index contributed by atoms with van der Waals surface area (Å²) in [5.74, 6) is 0.521. The van der Waals surface area contributed by atoms with Gasteiger partial charge in [-0.25, -0.2) is 4.39 Å². The Morgan fingerprint density at radius 1 is 1.39 bits per heavy atom. The van der Waals surface area contributed by atoms with E-state index in [1.807, 2.05) is 6.07 Å². The van der Waals surface area contributed by atoms with Crippen molar-refractivity contribution in [1.29, 1.82) is 0 Å². The Bertz CT molecular complexity index is 434. The van der Waals surface area contributed by atoms with E-state index in [0.717, 1.165) is 37.7 Å². The molecular weight excluding hydrogens is 251 g/mol. The highest BCUT2D eigenvalue weighted by molar-refractivity contribution is 6.30. The fraction of sp³-hybridized carbons (Fsp3) is 0.571. The van der Waals surface area contributed by atoms with Gasteiger partial charge in [0.25, 0.3) is 0 Å². The molecule has 2 aliphatic rings. The number of rotatable bonds is 3. The van der Waals surface area contributed by atoms with Crippen LogP contribution in [-0.4, -0.2) is 30.6 Å². The van der Waals surface area contributed by atoms with Crippen LogP contribution in [0.25, 0.3) is 0 Å². The Hall–Kier alpha value is -0.640. The van der Waals surface area contributed by atoms with Gasteiger partial charge in [0, 0.05) is 32.2 Å². The minimum Gasteiger partial charge on any atom is -0.314 e. The van der Waals surface area contributed by atoms with Gasteiger partial charge in [-0.05, 0) is 36.5 Å². The molecule has 2 nitrogen and oxygen atoms in total. The van der Waals surface area contributed by atoms with Crippen LogP contribution in [-0.2, 0) is 6.54 Å². The largest absolute Gasteiger partial charge is 0.314 e. The van der Waals surface area contributed by atoms with Crippen molar-refractivity contribution in [3.05, 3.63) is 34.6 Å². The topological polar surface area (TPSA) is 15.3 Å². The van der Waals surface area contributed by atoms with E-state index in [1.54, 1.807) is 6.07 Å². The summed E-state index contributed by atoms with van der Waals surface area (Å²) >= 11 is 5.84. The average molecular weight is 269 g/mol. The van der Waals surface area contributed by atoms with Gasteiger partial charge in [0.05, 0.1) is 5.02 Å². The van der Waals surface area contributed by atoms with E-state index in [-0.39, 0.29) is 10.8 Å². The lowest BCUT2D eigenvalue weighted by Crippen LogP contribution is -2.51. The number of nitrogens with one attached hydrogen (secondary N) is 1. The molecule has 2 fully saturated rings. The van der Waals surface area contributed by atoms with Crippen LogP contribution >= 0.6 is 11.6 Å². The van der Waals surface area contributed by atoms with Crippen LogP contribution in [0.5, 0.6) is 0 Å². The molecule has 0 amide bonds. The fourth-order valence-electron chi connectivity index (χ4n) is 2.78. The first-order valence-corrected chi connectivity index (χ1v) is 7.00. The summed E-state index contributed by atoms with van der Waals surface area (Å²) in [6.07, 6.45) is 2.71. The molecule has 1 N–H and O–H groups in total. The molecule has 1 aromatic rings. The Morgan fingerprint density at radius 3 is 2.94 bits per heavy atom. The van der Waals surface area contributed by atoms with E-state index in [0.29, 0.717) is 6.04 Å². The molecule has 0 bridgehead atoms. The summed E-state index contributed by atoms with van der Waals surface area (Å²) in [6, 6.07) is 5.70. The first-order chi connectivity index (χ1) is 8.74. The van der Waals surface area contributed by atoms with Crippen LogP contribution < -0.4 is 5.32 Å². The van der Waals surface area contributed by atoms with Gasteiger partial charge in [0.1, 0.15) is 5.82 Å². The number of hydrogen-bond donors (Lipinski definition) is 1. The van der Waals surface area contributed by atoms with Crippen molar-refractivity contribution in [2.45, 2.75) is 25.4 Å². The molecule has 1 unspecified atom stereocenters. The van der Waals surface area contributed by atoms with Gasteiger partial charge < -0.3 is 5.32 Å². The van der Waals surface area contributed by atoms with Gasteiger partial charge in [-0.2, -0.15) is 0 Å². The maximum Gasteiger partial charge on any atom is 0.141 e. The SMILES string of the molecule is Fc1ccc(CN2CCNCC2C2CC2)cc1Cl. The van der Waals surface area contributed by atoms with Crippen LogP contribution in [0.2, 0.25) is 5.02 Å². The smallest absolute Gasteiger partial charge is 0.141 e. The maximum atomic E-state index is 13.1. The standard InChI is InChI=1S/C14H18ClFN2/c15-12-7-10(1-4-13(12)16)9-18-6-5-17-8-14(18)11-2-3-11/h1,4,7,11,14,17H,2-3,5-6,8-9H2. The van der Waals surface area contributed by atoms with Gasteiger partial charge in [-0.15, -0.1) is 0 Å². The summed E-state index contributed by atoms with van der Waals surface area (Å²) in [5.41, 5.74) is 1.11. The predicted molar refractivity (Wildman–Crippen MR) is 71.2 cm³/mol. The Morgan fingerprint density at radius 2 is 2.22 bits per heavy atom. The van der Waals surface area contributed by atoms with Gasteiger partial charge in [-0.1, -0.05) is 17.7 Å². The quantitative estimate of drug-likeness (QED) is 0.907. The van der Waals surface area contributed by atoms with Crippen LogP contribution in [0.4, 0.5) is 4.39 Å². The van der Waals surface area contributed by atoms with E-state index >= 15 is 0 Å². The van der Waals surface area contributed by atoms with Crippen molar-refractivity contribution in [3.63, 3.8) is 0 Å². The first kappa shape index (κ1) is 12.4. The lowest BCUT2D eigenvalue weighted by Gasteiger charge is -2.36. The second kappa shape index (κ2) is 5.16. The van der Waals surface area contributed by atoms with Crippen molar-refractivity contribution in [2.24, 2.45) is 5.92 Å². The molecule has 1 aliphatic carbocycles. The summed E-state index contributed by atoms with van der Waals surface area (Å²) < 4.78 is 13.1. The highest BCUT2D eigenvalue weighted by Gasteiger charge is 2.36. The van der Waals surface area contributed by atoms with Crippen molar-refractivity contribution in [2.75, 3.05) is 19.6 Å². The molecule has 0 aromatic heterocycles. The molecule has 0 spiro atoms. The van der Waals surface area contributed by atoms with Crippen LogP contribution in [0.1, 0.15) is 18.4 Å². The molecule has 98 valence electrons. The van der Waals surface area contributed by atoms with Crippen molar-refractivity contribution in [1.82, 2.24) is 10.2 Å². The molecule has 3 rings (SSSR count). The van der Waals surface area contributed by atoms with Crippen molar-refractivity contribution in [3.8, 4) is 0 Å². The molecule has 1 saturated heterocycles. The predicted octanol–water partition coefficient (Wildman–Crippen LogP) is 2.66. The summed E-state index contributed by atoms with van der Waals surface area (Å²) in [5, 5.41) is 3.69. The summed E-state index contributed by atoms with van der Waals surface area (Å²) in [6.45, 7) is 4.07. The highest BCUT2D eigenvalue weighted by atomic mass is 35.5. The molecule has 1 atom stereocenters. The summed E-state index contributed by atoms with van der Waals surface area (Å²) in [7, 11) is 0. The molecule has 1 heterocycles. The second-order valence-electron chi connectivity index (χ2n) is 5.33. The molecular formula is C14H18ClFN2. The highest BCUT2D eigenvalue weighted by Crippen LogP contribution is 2.36. The Labute approximate surface area is 112 Å². The van der Waals surface area contributed by atoms with Gasteiger partial charge in [-0.3, -0.25) is 4.90 Å². The van der Waals surface area contributed by atoms with Crippen molar-refractivity contribution >= 4 is 11.6 Å². The molecule has 1 aliphatic heterocycles. The maximum absolute atomic E-state index is 13.1. The Balaban J connectivity index is 1.71. The Kier molecular flexibility index (Phi) is 3.55. The minimum atomic E-state index is -0.334. The van der Waals surface area contributed by atoms with Gasteiger partial charge >= 0.3 is 0 Å². The number of hydrogen-bond acceptors (Lipinski definition) is 2. The lowest BCUT2D eigenvalue weighted by molar-refractivity contribution is 0.135. The van der Waals surface area contributed by atoms with Crippen molar-refractivity contribution < 1.29 is 4.39 Å². The summed E-state index contributed by atoms with van der Waals surface area (Å²) in [4.78, 5) is 2.51. The molecule has 1 aromatic carbocycles. The number of nitrogens with zero attached hydrogens (tertiary/aromatic N) is 1. The fourth-order valence-corrected chi connectivity index (χ4v) is 2.99. The zero-order valence-electron chi connectivity index (χ0n) is 10.3. The van der Waals surface area contributed by atoms with Crippen LogP contribution in [0, 0.1) is 11.7 Å². The van der Waals surface area contributed by atoms with Gasteiger partial charge in [0.15, 0.2) is 0 Å². The molecule has 1 saturated carbocycles. The average Bonchev–Trinajstić information content (AvgIpc) is 3.19. The number of benzene rings is 1. The third kappa shape index (κ3) is 2.68. The monoisotopic (exact) mass is 268 g/mol. The normalized spacial score (nSPS) is 25.3. The van der Waals surface area contributed by atoms with Gasteiger partial charge in [0.2, 0.25) is 0 Å². The third-order valence-corrected chi connectivity index (χ3v) is 4.22. The van der Waals surface area contributed by atoms with E-state index in [2.05, 4.69) is 10.2 Å². The van der Waals surface area contributed by atoms with Crippen LogP contribution in [0.3, 0.4) is 0 Å². The van der Waals surface area contributed by atoms with E-state index in [1.165, 1.54) is 18.9 Å². The lowest BCUT2D eigenvalue weighted by atomic mass is 10.1. The number of halogens is 2.